The van der Waals surface area contributed by atoms with Crippen LogP contribution in [0.25, 0.3) is 11.1 Å². The molecule has 0 spiro atoms. The summed E-state index contributed by atoms with van der Waals surface area (Å²) in [6, 6.07) is 13.9. The molecule has 0 aliphatic heterocycles. The van der Waals surface area contributed by atoms with E-state index < -0.39 is 11.2 Å². The van der Waals surface area contributed by atoms with Crippen LogP contribution in [0.15, 0.2) is 36.4 Å². The number of unbranched alkanes of at least 4 members (excludes halogenated alkanes) is 3. The van der Waals surface area contributed by atoms with E-state index in [4.69, 9.17) is 9.31 Å². The van der Waals surface area contributed by atoms with Gasteiger partial charge in [-0.25, -0.2) is 0 Å². The van der Waals surface area contributed by atoms with Gasteiger partial charge < -0.3 is 14.4 Å². The first-order valence-electron chi connectivity index (χ1n) is 17.4. The molecule has 2 aliphatic carbocycles. The van der Waals surface area contributed by atoms with Gasteiger partial charge in [-0.3, -0.25) is 0 Å². The van der Waals surface area contributed by atoms with E-state index in [2.05, 4.69) is 89.0 Å². The highest BCUT2D eigenvalue weighted by Gasteiger charge is 2.44. The summed E-state index contributed by atoms with van der Waals surface area (Å²) in [5.74, 6) is 1.80. The molecule has 0 bridgehead atoms. The largest absolute Gasteiger partial charge is 0.430 e. The molecule has 4 rings (SSSR count). The SMILES string of the molecule is CCC(C)(C)O[B]c1ccc2c(c1)C(CCCCCCBr)(CCCC1CC1CCBr)c1cc([B]OC(C)(C)C(C)(C)O)ccc1-2. The smallest absolute Gasteiger partial charge is 0.330 e. The van der Waals surface area contributed by atoms with E-state index in [1.54, 1.807) is 0 Å². The minimum Gasteiger partial charge on any atom is -0.430 e. The van der Waals surface area contributed by atoms with Crippen LogP contribution < -0.4 is 10.9 Å². The van der Waals surface area contributed by atoms with Crippen molar-refractivity contribution in [3.63, 3.8) is 0 Å². The third kappa shape index (κ3) is 9.31. The lowest BCUT2D eigenvalue weighted by Crippen LogP contribution is -2.49. The molecule has 0 amide bonds. The first-order valence-corrected chi connectivity index (χ1v) is 19.7. The molecule has 3 atom stereocenters. The van der Waals surface area contributed by atoms with Crippen molar-refractivity contribution in [2.45, 2.75) is 141 Å². The topological polar surface area (TPSA) is 38.7 Å². The molecule has 45 heavy (non-hydrogen) atoms. The molecule has 2 aromatic rings. The molecule has 246 valence electrons. The van der Waals surface area contributed by atoms with Crippen molar-refractivity contribution >= 4 is 57.8 Å². The van der Waals surface area contributed by atoms with Crippen LogP contribution in [0, 0.1) is 11.8 Å². The maximum Gasteiger partial charge on any atom is 0.330 e. The van der Waals surface area contributed by atoms with E-state index in [0.717, 1.165) is 52.7 Å². The van der Waals surface area contributed by atoms with Gasteiger partial charge >= 0.3 is 15.0 Å². The molecule has 2 radical (unpaired) electrons. The van der Waals surface area contributed by atoms with Crippen molar-refractivity contribution in [1.82, 2.24) is 0 Å². The zero-order valence-electron chi connectivity index (χ0n) is 29.0. The second-order valence-electron chi connectivity index (χ2n) is 15.3. The lowest BCUT2D eigenvalue weighted by atomic mass is 9.68. The maximum atomic E-state index is 10.7. The molecule has 3 unspecified atom stereocenters. The normalized spacial score (nSPS) is 21.0. The number of benzene rings is 2. The van der Waals surface area contributed by atoms with Crippen molar-refractivity contribution in [3.05, 3.63) is 47.5 Å². The molecule has 1 N–H and O–H groups in total. The van der Waals surface area contributed by atoms with Gasteiger partial charge in [-0.2, -0.15) is 0 Å². The number of rotatable bonds is 20. The maximum absolute atomic E-state index is 10.7. The van der Waals surface area contributed by atoms with Crippen molar-refractivity contribution < 1.29 is 14.4 Å². The Morgan fingerprint density at radius 2 is 1.31 bits per heavy atom. The van der Waals surface area contributed by atoms with Crippen LogP contribution >= 0.6 is 31.9 Å². The number of alkyl halides is 2. The van der Waals surface area contributed by atoms with Crippen molar-refractivity contribution in [2.24, 2.45) is 11.8 Å². The summed E-state index contributed by atoms with van der Waals surface area (Å²) < 4.78 is 12.5. The summed E-state index contributed by atoms with van der Waals surface area (Å²) >= 11 is 7.30. The van der Waals surface area contributed by atoms with Crippen LogP contribution in [0.4, 0.5) is 0 Å². The fourth-order valence-electron chi connectivity index (χ4n) is 6.71. The molecule has 3 nitrogen and oxygen atoms in total. The van der Waals surface area contributed by atoms with Crippen LogP contribution in [0.2, 0.25) is 0 Å². The monoisotopic (exact) mass is 740 g/mol. The Bertz CT molecular complexity index is 1260. The summed E-state index contributed by atoms with van der Waals surface area (Å²) in [7, 11) is 3.84. The number of aliphatic hydroxyl groups is 1. The summed E-state index contributed by atoms with van der Waals surface area (Å²) in [5, 5.41) is 12.9. The van der Waals surface area contributed by atoms with Crippen molar-refractivity contribution in [1.29, 1.82) is 0 Å². The Balaban J connectivity index is 1.70. The highest BCUT2D eigenvalue weighted by Crippen LogP contribution is 2.54. The number of hydrogen-bond donors (Lipinski definition) is 1. The average Bonchev–Trinajstić information content (AvgIpc) is 3.69. The number of hydrogen-bond acceptors (Lipinski definition) is 3. The third-order valence-corrected chi connectivity index (χ3v) is 12.0. The molecule has 7 heteroatoms. The van der Waals surface area contributed by atoms with Gasteiger partial charge in [0.25, 0.3) is 0 Å². The van der Waals surface area contributed by atoms with Gasteiger partial charge in [0.1, 0.15) is 0 Å². The van der Waals surface area contributed by atoms with Crippen LogP contribution in [0.1, 0.15) is 130 Å². The molecular formula is C38H56B2Br2O3. The Kier molecular flexibility index (Phi) is 13.0. The lowest BCUT2D eigenvalue weighted by Gasteiger charge is -2.37. The predicted octanol–water partition coefficient (Wildman–Crippen LogP) is 9.15. The molecule has 0 heterocycles. The molecule has 1 fully saturated rings. The van der Waals surface area contributed by atoms with E-state index in [1.165, 1.54) is 73.6 Å². The Hall–Kier alpha value is -0.590. The van der Waals surface area contributed by atoms with Gasteiger partial charge in [-0.05, 0) is 114 Å². The van der Waals surface area contributed by atoms with E-state index in [9.17, 15) is 5.11 Å². The summed E-state index contributed by atoms with van der Waals surface area (Å²) in [6.07, 6.45) is 13.5. The Morgan fingerprint density at radius 3 is 1.87 bits per heavy atom. The van der Waals surface area contributed by atoms with Crippen molar-refractivity contribution in [3.8, 4) is 11.1 Å². The molecular weight excluding hydrogens is 686 g/mol. The first-order chi connectivity index (χ1) is 21.3. The van der Waals surface area contributed by atoms with Crippen LogP contribution in [0.5, 0.6) is 0 Å². The van der Waals surface area contributed by atoms with Crippen LogP contribution in [-0.2, 0) is 14.7 Å². The summed E-state index contributed by atoms with van der Waals surface area (Å²) in [6.45, 7) is 14.0. The minimum absolute atomic E-state index is 0.0430. The highest BCUT2D eigenvalue weighted by molar-refractivity contribution is 9.09. The van der Waals surface area contributed by atoms with Gasteiger partial charge in [-0.15, -0.1) is 0 Å². The zero-order chi connectivity index (χ0) is 32.9. The van der Waals surface area contributed by atoms with E-state index in [-0.39, 0.29) is 11.0 Å². The number of halogens is 2. The van der Waals surface area contributed by atoms with Gasteiger partial charge in [0, 0.05) is 21.7 Å². The second kappa shape index (κ2) is 15.7. The fourth-order valence-corrected chi connectivity index (χ4v) is 7.69. The summed E-state index contributed by atoms with van der Waals surface area (Å²) in [5.41, 5.74) is 5.92. The highest BCUT2D eigenvalue weighted by atomic mass is 79.9. The minimum atomic E-state index is -0.966. The second-order valence-corrected chi connectivity index (χ2v) is 16.9. The van der Waals surface area contributed by atoms with E-state index >= 15 is 0 Å². The standard InChI is InChI=1S/C38H56B2Br2O3/c1-8-35(2,3)44-39-29-15-17-31-32-18-16-30(40-45-37(6,7)36(4,5)43)26-34(32)38(33(31)25-29,20-11-9-10-12-22-41)21-13-14-27-24-28(27)19-23-42/h15-18,25-28,43H,8-14,19-24H2,1-7H3. The molecule has 2 aromatic carbocycles. The zero-order valence-corrected chi connectivity index (χ0v) is 32.2. The summed E-state index contributed by atoms with van der Waals surface area (Å²) in [4.78, 5) is 0. The predicted molar refractivity (Wildman–Crippen MR) is 201 cm³/mol. The average molecular weight is 742 g/mol. The molecule has 0 aromatic heterocycles. The van der Waals surface area contributed by atoms with Gasteiger partial charge in [-0.1, -0.05) is 118 Å². The van der Waals surface area contributed by atoms with Gasteiger partial charge in [0.05, 0.1) is 11.2 Å². The van der Waals surface area contributed by atoms with Crippen molar-refractivity contribution in [2.75, 3.05) is 10.7 Å². The van der Waals surface area contributed by atoms with Gasteiger partial charge in [0.15, 0.2) is 0 Å². The molecule has 1 saturated carbocycles. The van der Waals surface area contributed by atoms with Crippen LogP contribution in [-0.4, -0.2) is 47.5 Å². The Labute approximate surface area is 293 Å². The fraction of sp³-hybridized carbons (Fsp3) is 0.684. The molecule has 2 aliphatic rings. The number of fused-ring (bicyclic) bond motifs is 3. The first kappa shape index (κ1) is 37.2. The van der Waals surface area contributed by atoms with E-state index in [0.29, 0.717) is 0 Å². The van der Waals surface area contributed by atoms with E-state index in [1.807, 2.05) is 42.7 Å². The quantitative estimate of drug-likeness (QED) is 0.0836. The van der Waals surface area contributed by atoms with Crippen LogP contribution in [0.3, 0.4) is 0 Å². The third-order valence-electron chi connectivity index (χ3n) is 11.0. The molecule has 0 saturated heterocycles. The lowest BCUT2D eigenvalue weighted by molar-refractivity contribution is -0.0893. The van der Waals surface area contributed by atoms with Gasteiger partial charge in [0.2, 0.25) is 0 Å². The Morgan fingerprint density at radius 1 is 0.756 bits per heavy atom.